The van der Waals surface area contributed by atoms with Gasteiger partial charge in [-0.3, -0.25) is 14.9 Å². The van der Waals surface area contributed by atoms with Crippen molar-refractivity contribution in [2.75, 3.05) is 37.7 Å². The highest BCUT2D eigenvalue weighted by molar-refractivity contribution is 5.96. The zero-order valence-corrected chi connectivity index (χ0v) is 14.8. The number of carbonyl (C=O) groups is 1. The van der Waals surface area contributed by atoms with Gasteiger partial charge in [0.2, 0.25) is 0 Å². The lowest BCUT2D eigenvalue weighted by Gasteiger charge is -2.33. The number of morpholine rings is 1. The molecular formula is C18H25N3O4. The lowest BCUT2D eigenvalue weighted by atomic mass is 9.99. The van der Waals surface area contributed by atoms with Crippen LogP contribution < -0.4 is 4.90 Å². The Morgan fingerprint density at radius 1 is 1.28 bits per heavy atom. The molecule has 2 saturated heterocycles. The van der Waals surface area contributed by atoms with Crippen LogP contribution in [0.5, 0.6) is 0 Å². The molecule has 2 fully saturated rings. The molecule has 1 aromatic carbocycles. The third-order valence-electron chi connectivity index (χ3n) is 4.95. The molecule has 25 heavy (non-hydrogen) atoms. The van der Waals surface area contributed by atoms with Crippen molar-refractivity contribution in [3.8, 4) is 0 Å². The van der Waals surface area contributed by atoms with Gasteiger partial charge in [-0.1, -0.05) is 6.92 Å². The Labute approximate surface area is 147 Å². The predicted octanol–water partition coefficient (Wildman–Crippen LogP) is 2.69. The number of amides is 1. The first-order valence-corrected chi connectivity index (χ1v) is 8.90. The summed E-state index contributed by atoms with van der Waals surface area (Å²) in [5, 5.41) is 11.6. The van der Waals surface area contributed by atoms with Crippen LogP contribution in [0.15, 0.2) is 18.2 Å². The highest BCUT2D eigenvalue weighted by Crippen LogP contribution is 2.32. The Morgan fingerprint density at radius 2 is 2.08 bits per heavy atom. The molecule has 2 atom stereocenters. The predicted molar refractivity (Wildman–Crippen MR) is 95.0 cm³/mol. The van der Waals surface area contributed by atoms with Crippen LogP contribution in [0.3, 0.4) is 0 Å². The smallest absolute Gasteiger partial charge is 0.293 e. The van der Waals surface area contributed by atoms with Crippen molar-refractivity contribution in [2.45, 2.75) is 32.8 Å². The lowest BCUT2D eigenvalue weighted by Crippen LogP contribution is -2.44. The van der Waals surface area contributed by atoms with Gasteiger partial charge in [0.25, 0.3) is 11.6 Å². The van der Waals surface area contributed by atoms with Gasteiger partial charge in [-0.25, -0.2) is 0 Å². The van der Waals surface area contributed by atoms with E-state index in [1.54, 1.807) is 17.0 Å². The van der Waals surface area contributed by atoms with Gasteiger partial charge in [0.15, 0.2) is 0 Å². The minimum atomic E-state index is -0.382. The Morgan fingerprint density at radius 3 is 2.76 bits per heavy atom. The summed E-state index contributed by atoms with van der Waals surface area (Å²) >= 11 is 0. The molecule has 1 amide bonds. The summed E-state index contributed by atoms with van der Waals surface area (Å²) in [6, 6.07) is 4.87. The molecule has 0 aromatic heterocycles. The van der Waals surface area contributed by atoms with E-state index in [1.807, 2.05) is 6.92 Å². The third-order valence-corrected chi connectivity index (χ3v) is 4.95. The van der Waals surface area contributed by atoms with Crippen LogP contribution in [0, 0.1) is 16.0 Å². The molecule has 0 bridgehead atoms. The zero-order chi connectivity index (χ0) is 18.0. The van der Waals surface area contributed by atoms with Gasteiger partial charge in [-0.2, -0.15) is 0 Å². The summed E-state index contributed by atoms with van der Waals surface area (Å²) in [6.07, 6.45) is 2.17. The zero-order valence-electron chi connectivity index (χ0n) is 14.8. The molecular weight excluding hydrogens is 322 g/mol. The second-order valence-corrected chi connectivity index (χ2v) is 7.09. The molecule has 3 rings (SSSR count). The average molecular weight is 347 g/mol. The molecule has 0 unspecified atom stereocenters. The number of piperidine rings is 1. The largest absolute Gasteiger partial charge is 0.375 e. The molecule has 0 spiro atoms. The van der Waals surface area contributed by atoms with Crippen LogP contribution in [0.4, 0.5) is 11.4 Å². The van der Waals surface area contributed by atoms with Crippen molar-refractivity contribution < 1.29 is 14.5 Å². The van der Waals surface area contributed by atoms with Crippen LogP contribution in [0.25, 0.3) is 0 Å². The molecule has 136 valence electrons. The Balaban J connectivity index is 1.86. The number of benzene rings is 1. The van der Waals surface area contributed by atoms with Crippen molar-refractivity contribution >= 4 is 17.3 Å². The number of hydrogen-bond acceptors (Lipinski definition) is 5. The molecule has 0 N–H and O–H groups in total. The number of carbonyl (C=O) groups excluding carboxylic acids is 1. The van der Waals surface area contributed by atoms with Crippen molar-refractivity contribution in [3.05, 3.63) is 33.9 Å². The third kappa shape index (κ3) is 3.92. The fraction of sp³-hybridized carbons (Fsp3) is 0.611. The second-order valence-electron chi connectivity index (χ2n) is 7.09. The van der Waals surface area contributed by atoms with E-state index in [0.29, 0.717) is 36.9 Å². The van der Waals surface area contributed by atoms with E-state index in [2.05, 4.69) is 11.8 Å². The molecule has 2 aliphatic heterocycles. The van der Waals surface area contributed by atoms with E-state index in [1.165, 1.54) is 6.07 Å². The van der Waals surface area contributed by atoms with Crippen molar-refractivity contribution in [3.63, 3.8) is 0 Å². The fourth-order valence-electron chi connectivity index (χ4n) is 3.66. The minimum absolute atomic E-state index is 0.0122. The van der Waals surface area contributed by atoms with Gasteiger partial charge in [-0.15, -0.1) is 0 Å². The van der Waals surface area contributed by atoms with E-state index >= 15 is 0 Å². The summed E-state index contributed by atoms with van der Waals surface area (Å²) in [5.41, 5.74) is 0.999. The first kappa shape index (κ1) is 17.7. The Kier molecular flexibility index (Phi) is 5.22. The summed E-state index contributed by atoms with van der Waals surface area (Å²) in [4.78, 5) is 27.7. The maximum absolute atomic E-state index is 12.7. The van der Waals surface area contributed by atoms with Gasteiger partial charge >= 0.3 is 0 Å². The molecule has 2 heterocycles. The number of nitrogens with zero attached hydrogens (tertiary/aromatic N) is 3. The molecule has 0 saturated carbocycles. The number of rotatable bonds is 3. The molecule has 7 nitrogen and oxygen atoms in total. The van der Waals surface area contributed by atoms with Gasteiger partial charge in [0.1, 0.15) is 5.69 Å². The number of nitro benzene ring substituents is 1. The number of hydrogen-bond donors (Lipinski definition) is 0. The fourth-order valence-corrected chi connectivity index (χ4v) is 3.66. The SMILES string of the molecule is C[C@@H]1CCCN(c2ccc(C(=O)N3CCO[C@H](C)C3)cc2[N+](=O)[O-])C1. The number of nitro groups is 1. The summed E-state index contributed by atoms with van der Waals surface area (Å²) in [5.74, 6) is 0.348. The maximum atomic E-state index is 12.7. The van der Waals surface area contributed by atoms with Crippen LogP contribution >= 0.6 is 0 Å². The van der Waals surface area contributed by atoms with Crippen LogP contribution in [-0.2, 0) is 4.74 Å². The van der Waals surface area contributed by atoms with Crippen LogP contribution in [0.2, 0.25) is 0 Å². The summed E-state index contributed by atoms with van der Waals surface area (Å²) < 4.78 is 5.46. The van der Waals surface area contributed by atoms with Gasteiger partial charge in [-0.05, 0) is 37.8 Å². The molecule has 0 radical (unpaired) electrons. The first-order chi connectivity index (χ1) is 12.0. The van der Waals surface area contributed by atoms with E-state index in [4.69, 9.17) is 4.74 Å². The van der Waals surface area contributed by atoms with E-state index in [0.717, 1.165) is 25.9 Å². The standard InChI is InChI=1S/C18H25N3O4/c1-13-4-3-7-19(11-13)16-6-5-15(10-17(16)21(23)24)18(22)20-8-9-25-14(2)12-20/h5-6,10,13-14H,3-4,7-9,11-12H2,1-2H3/t13-,14-/m1/s1. The molecule has 7 heteroatoms. The highest BCUT2D eigenvalue weighted by Gasteiger charge is 2.27. The first-order valence-electron chi connectivity index (χ1n) is 8.90. The minimum Gasteiger partial charge on any atom is -0.375 e. The molecule has 2 aliphatic rings. The van der Waals surface area contributed by atoms with E-state index in [9.17, 15) is 14.9 Å². The van der Waals surface area contributed by atoms with Gasteiger partial charge < -0.3 is 14.5 Å². The van der Waals surface area contributed by atoms with Gasteiger partial charge in [0, 0.05) is 37.8 Å². The van der Waals surface area contributed by atoms with E-state index < -0.39 is 0 Å². The molecule has 1 aromatic rings. The summed E-state index contributed by atoms with van der Waals surface area (Å²) in [6.45, 7) is 7.24. The topological polar surface area (TPSA) is 75.9 Å². The van der Waals surface area contributed by atoms with Crippen molar-refractivity contribution in [2.24, 2.45) is 5.92 Å². The van der Waals surface area contributed by atoms with Crippen molar-refractivity contribution in [1.82, 2.24) is 4.90 Å². The quantitative estimate of drug-likeness (QED) is 0.621. The van der Waals surface area contributed by atoms with Gasteiger partial charge in [0.05, 0.1) is 17.6 Å². The van der Waals surface area contributed by atoms with E-state index in [-0.39, 0.29) is 22.6 Å². The monoisotopic (exact) mass is 347 g/mol. The Bertz CT molecular complexity index is 664. The van der Waals surface area contributed by atoms with Crippen LogP contribution in [-0.4, -0.2) is 54.6 Å². The normalized spacial score (nSPS) is 24.2. The number of anilines is 1. The highest BCUT2D eigenvalue weighted by atomic mass is 16.6. The second kappa shape index (κ2) is 7.39. The maximum Gasteiger partial charge on any atom is 0.293 e. The molecule has 0 aliphatic carbocycles. The Hall–Kier alpha value is -2.15. The van der Waals surface area contributed by atoms with Crippen molar-refractivity contribution in [1.29, 1.82) is 0 Å². The number of ether oxygens (including phenoxy) is 1. The summed E-state index contributed by atoms with van der Waals surface area (Å²) in [7, 11) is 0. The van der Waals surface area contributed by atoms with Crippen LogP contribution in [0.1, 0.15) is 37.0 Å². The average Bonchev–Trinajstić information content (AvgIpc) is 2.60. The lowest BCUT2D eigenvalue weighted by molar-refractivity contribution is -0.384.